The Labute approximate surface area is 110 Å². The molecule has 0 amide bonds. The van der Waals surface area contributed by atoms with Crippen molar-refractivity contribution >= 4 is 22.7 Å². The Balaban J connectivity index is 1.86. The van der Waals surface area contributed by atoms with Crippen LogP contribution in [0.4, 0.5) is 0 Å². The summed E-state index contributed by atoms with van der Waals surface area (Å²) in [5.41, 5.74) is 7.06. The first kappa shape index (κ1) is 12.8. The van der Waals surface area contributed by atoms with E-state index in [4.69, 9.17) is 10.5 Å². The van der Waals surface area contributed by atoms with Crippen molar-refractivity contribution in [1.82, 2.24) is 0 Å². The molecule has 4 heteroatoms. The van der Waals surface area contributed by atoms with Gasteiger partial charge in [0, 0.05) is 22.7 Å². The molecule has 0 spiro atoms. The van der Waals surface area contributed by atoms with E-state index >= 15 is 0 Å². The van der Waals surface area contributed by atoms with Crippen LogP contribution in [0.1, 0.15) is 21.4 Å². The second-order valence-corrected chi connectivity index (χ2v) is 5.87. The van der Waals surface area contributed by atoms with Gasteiger partial charge in [-0.05, 0) is 35.4 Å². The standard InChI is InChI=1S/C13H17NOS2/c1-10-5-8-17-13(10)12(9-14)15-6-4-11-3-2-7-16-11/h2-3,5,7-8,12H,4,6,9,14H2,1H3. The van der Waals surface area contributed by atoms with E-state index < -0.39 is 0 Å². The summed E-state index contributed by atoms with van der Waals surface area (Å²) in [4.78, 5) is 2.63. The van der Waals surface area contributed by atoms with Crippen LogP contribution in [0.15, 0.2) is 29.0 Å². The number of nitrogens with two attached hydrogens (primary N) is 1. The van der Waals surface area contributed by atoms with Crippen LogP contribution in [0.2, 0.25) is 0 Å². The highest BCUT2D eigenvalue weighted by atomic mass is 32.1. The molecule has 0 fully saturated rings. The molecule has 2 N–H and O–H groups in total. The third-order valence-electron chi connectivity index (χ3n) is 2.66. The van der Waals surface area contributed by atoms with E-state index in [9.17, 15) is 0 Å². The van der Waals surface area contributed by atoms with Gasteiger partial charge in [0.05, 0.1) is 6.61 Å². The minimum absolute atomic E-state index is 0.0509. The van der Waals surface area contributed by atoms with E-state index in [1.807, 2.05) is 0 Å². The predicted octanol–water partition coefficient (Wildman–Crippen LogP) is 3.38. The quantitative estimate of drug-likeness (QED) is 0.871. The van der Waals surface area contributed by atoms with Gasteiger partial charge in [0.2, 0.25) is 0 Å². The van der Waals surface area contributed by atoms with Crippen LogP contribution >= 0.6 is 22.7 Å². The van der Waals surface area contributed by atoms with Gasteiger partial charge in [-0.2, -0.15) is 0 Å². The molecule has 2 aromatic rings. The van der Waals surface area contributed by atoms with Crippen molar-refractivity contribution in [2.45, 2.75) is 19.4 Å². The highest BCUT2D eigenvalue weighted by molar-refractivity contribution is 7.10. The summed E-state index contributed by atoms with van der Waals surface area (Å²) >= 11 is 3.50. The van der Waals surface area contributed by atoms with Gasteiger partial charge in [-0.3, -0.25) is 0 Å². The lowest BCUT2D eigenvalue weighted by Crippen LogP contribution is -2.16. The van der Waals surface area contributed by atoms with Gasteiger partial charge in [-0.25, -0.2) is 0 Å². The first-order valence-electron chi connectivity index (χ1n) is 5.69. The number of hydrogen-bond donors (Lipinski definition) is 1. The summed E-state index contributed by atoms with van der Waals surface area (Å²) in [7, 11) is 0. The van der Waals surface area contributed by atoms with Crippen molar-refractivity contribution in [3.8, 4) is 0 Å². The molecule has 17 heavy (non-hydrogen) atoms. The zero-order valence-corrected chi connectivity index (χ0v) is 11.5. The normalized spacial score (nSPS) is 12.8. The van der Waals surface area contributed by atoms with Crippen molar-refractivity contribution in [2.75, 3.05) is 13.2 Å². The Hall–Kier alpha value is -0.680. The number of aryl methyl sites for hydroxylation is 1. The van der Waals surface area contributed by atoms with Crippen molar-refractivity contribution < 1.29 is 4.74 Å². The lowest BCUT2D eigenvalue weighted by Gasteiger charge is -2.15. The van der Waals surface area contributed by atoms with Crippen molar-refractivity contribution in [2.24, 2.45) is 5.73 Å². The van der Waals surface area contributed by atoms with Gasteiger partial charge in [0.25, 0.3) is 0 Å². The van der Waals surface area contributed by atoms with Gasteiger partial charge in [-0.15, -0.1) is 22.7 Å². The molecule has 0 aromatic carbocycles. The van der Waals surface area contributed by atoms with Gasteiger partial charge in [-0.1, -0.05) is 6.07 Å². The van der Waals surface area contributed by atoms with Crippen LogP contribution in [-0.4, -0.2) is 13.2 Å². The first-order chi connectivity index (χ1) is 8.31. The summed E-state index contributed by atoms with van der Waals surface area (Å²) in [6.07, 6.45) is 1.02. The third-order valence-corrected chi connectivity index (χ3v) is 4.70. The summed E-state index contributed by atoms with van der Waals surface area (Å²) < 4.78 is 5.88. The first-order valence-corrected chi connectivity index (χ1v) is 7.45. The fourth-order valence-corrected chi connectivity index (χ4v) is 3.40. The molecule has 0 saturated carbocycles. The van der Waals surface area contributed by atoms with Crippen LogP contribution in [0.3, 0.4) is 0 Å². The Kier molecular flexibility index (Phi) is 4.74. The molecule has 0 radical (unpaired) electrons. The highest BCUT2D eigenvalue weighted by Gasteiger charge is 2.13. The average molecular weight is 267 g/mol. The molecule has 1 unspecified atom stereocenters. The number of thiophene rings is 2. The fraction of sp³-hybridized carbons (Fsp3) is 0.385. The zero-order valence-electron chi connectivity index (χ0n) is 9.89. The second kappa shape index (κ2) is 6.31. The molecule has 2 rings (SSSR count). The maximum atomic E-state index is 5.88. The summed E-state index contributed by atoms with van der Waals surface area (Å²) in [6, 6.07) is 6.33. The molecule has 2 heterocycles. The van der Waals surface area contributed by atoms with Gasteiger partial charge >= 0.3 is 0 Å². The lowest BCUT2D eigenvalue weighted by atomic mass is 10.2. The Morgan fingerprint density at radius 2 is 2.18 bits per heavy atom. The van der Waals surface area contributed by atoms with Crippen LogP contribution in [0, 0.1) is 6.92 Å². The molecular weight excluding hydrogens is 250 g/mol. The summed E-state index contributed by atoms with van der Waals surface area (Å²) in [5, 5.41) is 4.19. The monoisotopic (exact) mass is 267 g/mol. The minimum atomic E-state index is 0.0509. The van der Waals surface area contributed by atoms with E-state index in [0.29, 0.717) is 6.54 Å². The minimum Gasteiger partial charge on any atom is -0.371 e. The summed E-state index contributed by atoms with van der Waals surface area (Å²) in [6.45, 7) is 3.39. The Bertz CT molecular complexity index is 436. The predicted molar refractivity (Wildman–Crippen MR) is 74.8 cm³/mol. The molecule has 1 atom stereocenters. The molecule has 0 aliphatic heterocycles. The zero-order chi connectivity index (χ0) is 12.1. The second-order valence-electron chi connectivity index (χ2n) is 3.89. The third kappa shape index (κ3) is 3.39. The molecule has 0 saturated heterocycles. The van der Waals surface area contributed by atoms with E-state index in [0.717, 1.165) is 13.0 Å². The summed E-state index contributed by atoms with van der Waals surface area (Å²) in [5.74, 6) is 0. The molecule has 2 aromatic heterocycles. The van der Waals surface area contributed by atoms with E-state index in [2.05, 4.69) is 35.9 Å². The maximum Gasteiger partial charge on any atom is 0.104 e. The van der Waals surface area contributed by atoms with Crippen molar-refractivity contribution in [3.63, 3.8) is 0 Å². The maximum absolute atomic E-state index is 5.88. The molecule has 0 aliphatic rings. The average Bonchev–Trinajstić information content (AvgIpc) is 2.96. The van der Waals surface area contributed by atoms with Crippen LogP contribution < -0.4 is 5.73 Å². The number of ether oxygens (including phenoxy) is 1. The Morgan fingerprint density at radius 3 is 2.76 bits per heavy atom. The van der Waals surface area contributed by atoms with Gasteiger partial charge in [0.15, 0.2) is 0 Å². The molecule has 2 nitrogen and oxygen atoms in total. The van der Waals surface area contributed by atoms with Gasteiger partial charge in [0.1, 0.15) is 6.10 Å². The Morgan fingerprint density at radius 1 is 1.29 bits per heavy atom. The topological polar surface area (TPSA) is 35.2 Å². The van der Waals surface area contributed by atoms with E-state index in [-0.39, 0.29) is 6.10 Å². The fourth-order valence-electron chi connectivity index (χ4n) is 1.72. The molecule has 0 bridgehead atoms. The van der Waals surface area contributed by atoms with E-state index in [1.54, 1.807) is 22.7 Å². The molecule has 0 aliphatic carbocycles. The smallest absolute Gasteiger partial charge is 0.104 e. The van der Waals surface area contributed by atoms with Crippen LogP contribution in [-0.2, 0) is 11.2 Å². The van der Waals surface area contributed by atoms with Crippen molar-refractivity contribution in [3.05, 3.63) is 44.3 Å². The van der Waals surface area contributed by atoms with Crippen molar-refractivity contribution in [1.29, 1.82) is 0 Å². The lowest BCUT2D eigenvalue weighted by molar-refractivity contribution is 0.0633. The highest BCUT2D eigenvalue weighted by Crippen LogP contribution is 2.26. The molecule has 92 valence electrons. The number of rotatable bonds is 6. The SMILES string of the molecule is Cc1ccsc1C(CN)OCCc1cccs1. The van der Waals surface area contributed by atoms with Crippen LogP contribution in [0.5, 0.6) is 0 Å². The van der Waals surface area contributed by atoms with Gasteiger partial charge < -0.3 is 10.5 Å². The molecular formula is C13H17NOS2. The largest absolute Gasteiger partial charge is 0.371 e. The van der Waals surface area contributed by atoms with E-state index in [1.165, 1.54) is 15.3 Å². The van der Waals surface area contributed by atoms with Crippen LogP contribution in [0.25, 0.3) is 0 Å². The number of hydrogen-bond acceptors (Lipinski definition) is 4.